The number of hydrogen-bond acceptors (Lipinski definition) is 14. The van der Waals surface area contributed by atoms with E-state index in [9.17, 15) is 63.1 Å². The number of aliphatic hydroxyl groups excluding tert-OH is 3. The summed E-state index contributed by atoms with van der Waals surface area (Å²) in [7, 11) is -16.7. The van der Waals surface area contributed by atoms with Crippen LogP contribution in [0.1, 0.15) is 96.8 Å². The molecule has 22 heteroatoms. The Labute approximate surface area is 338 Å². The monoisotopic (exact) mass is 880 g/mol. The summed E-state index contributed by atoms with van der Waals surface area (Å²) in [6, 6.07) is 0. The highest BCUT2D eigenvalue weighted by atomic mass is 31.2. The number of rotatable bonds is 26. The molecule has 8 N–H and O–H groups in total. The Kier molecular flexibility index (Phi) is 26.0. The Bertz CT molecular complexity index is 1700. The molecule has 0 amide bonds. The fraction of sp³-hybridized carbons (Fsp3) is 0.667. The summed E-state index contributed by atoms with van der Waals surface area (Å²) in [5.74, 6) is 17.9. The number of carbonyl (C=O) groups is 2. The molecule has 0 spiro atoms. The van der Waals surface area contributed by atoms with E-state index in [0.717, 1.165) is 25.7 Å². The van der Waals surface area contributed by atoms with Gasteiger partial charge in [-0.3, -0.25) is 22.9 Å². The maximum atomic E-state index is 13.0. The largest absolute Gasteiger partial charge is 0.472 e. The van der Waals surface area contributed by atoms with Crippen molar-refractivity contribution in [1.29, 1.82) is 0 Å². The van der Waals surface area contributed by atoms with E-state index in [-0.39, 0.29) is 6.42 Å². The highest BCUT2D eigenvalue weighted by molar-refractivity contribution is 7.47. The van der Waals surface area contributed by atoms with E-state index >= 15 is 0 Å². The first-order chi connectivity index (χ1) is 27.3. The number of esters is 2. The first-order valence-electron chi connectivity index (χ1n) is 18.3. The van der Waals surface area contributed by atoms with Crippen molar-refractivity contribution in [2.24, 2.45) is 0 Å². The topological polar surface area (TPSA) is 303 Å². The number of unbranched alkanes of at least 4 members (excludes halogenated alkanes) is 12. The van der Waals surface area contributed by atoms with Crippen molar-refractivity contribution < 1.29 is 90.6 Å². The zero-order chi connectivity index (χ0) is 43.6. The number of carbonyl (C=O) groups excluding carboxylic acids is 2. The van der Waals surface area contributed by atoms with Crippen LogP contribution in [0.25, 0.3) is 0 Å². The second-order valence-corrected chi connectivity index (χ2v) is 16.6. The van der Waals surface area contributed by atoms with Crippen LogP contribution >= 0.6 is 23.5 Å². The molecule has 324 valence electrons. The Morgan fingerprint density at radius 3 is 1.47 bits per heavy atom. The number of phosphoric ester groups is 3. The van der Waals surface area contributed by atoms with E-state index in [1.807, 2.05) is 11.8 Å². The van der Waals surface area contributed by atoms with E-state index in [2.05, 4.69) is 57.4 Å². The van der Waals surface area contributed by atoms with Gasteiger partial charge in [0, 0.05) is 12.3 Å². The predicted molar refractivity (Wildman–Crippen MR) is 204 cm³/mol. The second kappa shape index (κ2) is 28.4. The molecule has 58 heavy (non-hydrogen) atoms. The summed E-state index contributed by atoms with van der Waals surface area (Å²) < 4.78 is 64.3. The fourth-order valence-electron chi connectivity index (χ4n) is 5.35. The summed E-state index contributed by atoms with van der Waals surface area (Å²) in [5, 5.41) is 31.6. The van der Waals surface area contributed by atoms with Crippen LogP contribution in [0, 0.1) is 59.7 Å². The number of phosphoric acid groups is 3. The van der Waals surface area contributed by atoms with Crippen molar-refractivity contribution in [3.8, 4) is 59.7 Å². The van der Waals surface area contributed by atoms with Gasteiger partial charge >= 0.3 is 35.4 Å². The van der Waals surface area contributed by atoms with Crippen LogP contribution in [0.15, 0.2) is 0 Å². The molecule has 1 saturated carbocycles. The molecule has 0 aliphatic heterocycles. The second-order valence-electron chi connectivity index (χ2n) is 12.8. The number of terminal acetylenes is 1. The average Bonchev–Trinajstić information content (AvgIpc) is 3.14. The van der Waals surface area contributed by atoms with Crippen molar-refractivity contribution in [1.82, 2.24) is 0 Å². The molecule has 0 saturated heterocycles. The van der Waals surface area contributed by atoms with E-state index in [1.54, 1.807) is 0 Å². The van der Waals surface area contributed by atoms with Gasteiger partial charge in [-0.05, 0) is 53.8 Å². The number of aliphatic hydroxyl groups is 3. The van der Waals surface area contributed by atoms with Crippen molar-refractivity contribution in [3.05, 3.63) is 0 Å². The summed E-state index contributed by atoms with van der Waals surface area (Å²) in [6.45, 7) is 0.353. The molecule has 4 unspecified atom stereocenters. The van der Waals surface area contributed by atoms with Gasteiger partial charge in [-0.2, -0.15) is 0 Å². The number of ether oxygens (including phenoxy) is 2. The van der Waals surface area contributed by atoms with E-state index in [1.165, 1.54) is 44.9 Å². The van der Waals surface area contributed by atoms with Crippen LogP contribution in [-0.2, 0) is 50.9 Å². The molecule has 1 fully saturated rings. The fourth-order valence-corrected chi connectivity index (χ4v) is 7.45. The summed E-state index contributed by atoms with van der Waals surface area (Å²) in [6.07, 6.45) is 1.95. The minimum absolute atomic E-state index is 0.0810. The van der Waals surface area contributed by atoms with Gasteiger partial charge in [0.25, 0.3) is 0 Å². The first-order valence-corrected chi connectivity index (χ1v) is 22.9. The maximum Gasteiger partial charge on any atom is 0.472 e. The van der Waals surface area contributed by atoms with Crippen molar-refractivity contribution >= 4 is 35.4 Å². The summed E-state index contributed by atoms with van der Waals surface area (Å²) in [5.41, 5.74) is 0. The average molecular weight is 881 g/mol. The van der Waals surface area contributed by atoms with Crippen molar-refractivity contribution in [2.45, 2.75) is 140 Å². The van der Waals surface area contributed by atoms with Crippen molar-refractivity contribution in [3.63, 3.8) is 0 Å². The zero-order valence-electron chi connectivity index (χ0n) is 31.8. The lowest BCUT2D eigenvalue weighted by atomic mass is 9.85. The van der Waals surface area contributed by atoms with Gasteiger partial charge in [0.2, 0.25) is 0 Å². The van der Waals surface area contributed by atoms with Crippen molar-refractivity contribution in [2.75, 3.05) is 13.2 Å². The van der Waals surface area contributed by atoms with Crippen LogP contribution in [0.3, 0.4) is 0 Å². The lowest BCUT2D eigenvalue weighted by molar-refractivity contribution is -0.213. The molecule has 0 aromatic heterocycles. The Morgan fingerprint density at radius 2 is 1.02 bits per heavy atom. The van der Waals surface area contributed by atoms with E-state index in [4.69, 9.17) is 24.9 Å². The third-order valence-electron chi connectivity index (χ3n) is 8.01. The lowest BCUT2D eigenvalue weighted by Crippen LogP contribution is -2.65. The molecule has 1 aliphatic carbocycles. The van der Waals surface area contributed by atoms with E-state index < -0.39 is 91.3 Å². The maximum absolute atomic E-state index is 13.0. The molecule has 1 aliphatic rings. The van der Waals surface area contributed by atoms with Gasteiger partial charge in [-0.1, -0.05) is 84.0 Å². The Hall–Kier alpha value is -3.05. The van der Waals surface area contributed by atoms with Gasteiger partial charge < -0.3 is 49.3 Å². The molecular weight excluding hydrogens is 829 g/mol. The van der Waals surface area contributed by atoms with Gasteiger partial charge in [0.1, 0.15) is 43.2 Å². The third-order valence-corrected chi connectivity index (χ3v) is 10.0. The predicted octanol–water partition coefficient (Wildman–Crippen LogP) is 2.12. The molecular formula is C36H51O19P3. The summed E-state index contributed by atoms with van der Waals surface area (Å²) in [4.78, 5) is 72.2. The molecule has 8 atom stereocenters. The minimum atomic E-state index is -5.57. The molecule has 0 aromatic rings. The van der Waals surface area contributed by atoms with Crippen LogP contribution < -0.4 is 0 Å². The van der Waals surface area contributed by atoms with Gasteiger partial charge in [-0.15, -0.1) is 6.42 Å². The van der Waals surface area contributed by atoms with Gasteiger partial charge in [0.15, 0.2) is 6.10 Å². The Morgan fingerprint density at radius 1 is 0.603 bits per heavy atom. The Balaban J connectivity index is 2.94. The molecule has 1 rings (SSSR count). The van der Waals surface area contributed by atoms with Crippen LogP contribution in [-0.4, -0.2) is 108 Å². The molecule has 0 heterocycles. The summed E-state index contributed by atoms with van der Waals surface area (Å²) >= 11 is 0. The third kappa shape index (κ3) is 24.8. The van der Waals surface area contributed by atoms with Gasteiger partial charge in [0.05, 0.1) is 6.61 Å². The smallest absolute Gasteiger partial charge is 0.456 e. The SMILES string of the molecule is C#CC#CC#CC#CC#CC(=O)OC[C@@H](COP(=O)(O)OC1C(O)[C@@H](OP(=O)(O)O)C(O)[C@@H](OP(=O)(O)O)[C@H]1O)OC(=O)CCCCCCCCCCCCCCC. The van der Waals surface area contributed by atoms with Crippen LogP contribution in [0.4, 0.5) is 0 Å². The molecule has 0 aromatic carbocycles. The zero-order valence-corrected chi connectivity index (χ0v) is 34.5. The number of hydrogen-bond donors (Lipinski definition) is 8. The van der Waals surface area contributed by atoms with Crippen LogP contribution in [0.2, 0.25) is 0 Å². The minimum Gasteiger partial charge on any atom is -0.456 e. The standard InChI is InChI=1S/C36H51O19P3/c1-3-5-7-9-11-13-14-15-16-17-19-21-23-25-30(38)52-28(26-50-29(37)24-22-20-18-12-10-8-6-4-2)27-51-58(48,49)55-36-32(40)34(53-56(42,43)44)31(39)35(33(36)41)54-57(45,46)47/h2,28,31-36,39-41H,3,5,7,9,11,13-17,19,21,23,25-27H2,1H3,(H,48,49)(H2,42,43,44)(H2,45,46,47)/t28-,31?,32+,33?,34+,35-,36?/m0/s1. The molecule has 19 nitrogen and oxygen atoms in total. The highest BCUT2D eigenvalue weighted by Crippen LogP contribution is 2.51. The first kappa shape index (κ1) is 53.0. The highest BCUT2D eigenvalue weighted by Gasteiger charge is 2.56. The lowest BCUT2D eigenvalue weighted by Gasteiger charge is -2.44. The normalized spacial score (nSPS) is 21.7. The molecule has 0 bridgehead atoms. The van der Waals surface area contributed by atoms with Crippen LogP contribution in [0.5, 0.6) is 0 Å². The van der Waals surface area contributed by atoms with E-state index in [0.29, 0.717) is 12.8 Å². The molecule has 0 radical (unpaired) electrons. The quantitative estimate of drug-likeness (QED) is 0.0203. The van der Waals surface area contributed by atoms with Gasteiger partial charge in [-0.25, -0.2) is 18.5 Å².